The first kappa shape index (κ1) is 14.3. The third-order valence-corrected chi connectivity index (χ3v) is 2.95. The fourth-order valence-electron chi connectivity index (χ4n) is 1.62. The average molecular weight is 271 g/mol. The Morgan fingerprint density at radius 2 is 1.94 bits per heavy atom. The van der Waals surface area contributed by atoms with E-state index < -0.39 is 0 Å². The summed E-state index contributed by atoms with van der Waals surface area (Å²) < 4.78 is 0. The SMILES string of the molecule is CCCN(CCC)C(=S)Nc1cccc(Cl)c1. The monoisotopic (exact) mass is 270 g/mol. The molecule has 0 aromatic heterocycles. The fraction of sp³-hybridized carbons (Fsp3) is 0.462. The van der Waals surface area contributed by atoms with Gasteiger partial charge in [0.1, 0.15) is 0 Å². The molecule has 2 nitrogen and oxygen atoms in total. The van der Waals surface area contributed by atoms with Crippen molar-refractivity contribution >= 4 is 34.6 Å². The molecule has 0 saturated heterocycles. The van der Waals surface area contributed by atoms with E-state index >= 15 is 0 Å². The molecule has 1 aromatic carbocycles. The Morgan fingerprint density at radius 1 is 1.29 bits per heavy atom. The van der Waals surface area contributed by atoms with Gasteiger partial charge < -0.3 is 10.2 Å². The predicted molar refractivity (Wildman–Crippen MR) is 79.8 cm³/mol. The zero-order valence-corrected chi connectivity index (χ0v) is 11.9. The van der Waals surface area contributed by atoms with Crippen LogP contribution in [0, 0.1) is 0 Å². The van der Waals surface area contributed by atoms with Crippen LogP contribution in [0.3, 0.4) is 0 Å². The van der Waals surface area contributed by atoms with E-state index in [4.69, 9.17) is 23.8 Å². The second-order valence-electron chi connectivity index (χ2n) is 3.93. The number of nitrogens with zero attached hydrogens (tertiary/aromatic N) is 1. The summed E-state index contributed by atoms with van der Waals surface area (Å²) in [6.45, 7) is 6.29. The molecule has 0 amide bonds. The maximum atomic E-state index is 5.93. The highest BCUT2D eigenvalue weighted by atomic mass is 35.5. The van der Waals surface area contributed by atoms with Crippen LogP contribution in [0.4, 0.5) is 5.69 Å². The van der Waals surface area contributed by atoms with E-state index in [9.17, 15) is 0 Å². The Morgan fingerprint density at radius 3 is 2.47 bits per heavy atom. The van der Waals surface area contributed by atoms with Gasteiger partial charge in [0, 0.05) is 23.8 Å². The number of nitrogens with one attached hydrogen (secondary N) is 1. The molecule has 0 heterocycles. The lowest BCUT2D eigenvalue weighted by Crippen LogP contribution is -2.35. The van der Waals surface area contributed by atoms with Crippen LogP contribution in [0.25, 0.3) is 0 Å². The van der Waals surface area contributed by atoms with Crippen LogP contribution in [0.1, 0.15) is 26.7 Å². The largest absolute Gasteiger partial charge is 0.349 e. The Labute approximate surface area is 114 Å². The summed E-state index contributed by atoms with van der Waals surface area (Å²) in [4.78, 5) is 2.19. The second-order valence-corrected chi connectivity index (χ2v) is 4.75. The van der Waals surface area contributed by atoms with E-state index in [1.54, 1.807) is 0 Å². The number of benzene rings is 1. The highest BCUT2D eigenvalue weighted by Crippen LogP contribution is 2.15. The van der Waals surface area contributed by atoms with Gasteiger partial charge in [-0.1, -0.05) is 31.5 Å². The minimum Gasteiger partial charge on any atom is -0.349 e. The molecule has 17 heavy (non-hydrogen) atoms. The van der Waals surface area contributed by atoms with Crippen molar-refractivity contribution in [3.8, 4) is 0 Å². The van der Waals surface area contributed by atoms with Crippen LogP contribution in [-0.4, -0.2) is 23.1 Å². The summed E-state index contributed by atoms with van der Waals surface area (Å²) in [7, 11) is 0. The van der Waals surface area contributed by atoms with Gasteiger partial charge in [0.2, 0.25) is 0 Å². The molecule has 0 aliphatic rings. The Kier molecular flexibility index (Phi) is 6.30. The number of halogens is 1. The highest BCUT2D eigenvalue weighted by molar-refractivity contribution is 7.80. The minimum atomic E-state index is 0.718. The van der Waals surface area contributed by atoms with Crippen LogP contribution < -0.4 is 5.32 Å². The Hall–Kier alpha value is -0.800. The fourth-order valence-corrected chi connectivity index (χ4v) is 2.11. The number of hydrogen-bond acceptors (Lipinski definition) is 1. The molecular weight excluding hydrogens is 252 g/mol. The lowest BCUT2D eigenvalue weighted by Gasteiger charge is -2.24. The first-order valence-electron chi connectivity index (χ1n) is 5.98. The van der Waals surface area contributed by atoms with E-state index in [-0.39, 0.29) is 0 Å². The normalized spacial score (nSPS) is 10.1. The quantitative estimate of drug-likeness (QED) is 0.809. The maximum absolute atomic E-state index is 5.93. The number of anilines is 1. The average Bonchev–Trinajstić information content (AvgIpc) is 2.28. The van der Waals surface area contributed by atoms with Gasteiger partial charge in [-0.15, -0.1) is 0 Å². The molecule has 1 N–H and O–H groups in total. The van der Waals surface area contributed by atoms with Crippen LogP contribution in [0.15, 0.2) is 24.3 Å². The number of hydrogen-bond donors (Lipinski definition) is 1. The van der Waals surface area contributed by atoms with Crippen molar-refractivity contribution in [1.29, 1.82) is 0 Å². The van der Waals surface area contributed by atoms with E-state index in [1.165, 1.54) is 0 Å². The van der Waals surface area contributed by atoms with E-state index in [1.807, 2.05) is 24.3 Å². The van der Waals surface area contributed by atoms with Crippen LogP contribution in [-0.2, 0) is 0 Å². The van der Waals surface area contributed by atoms with Crippen molar-refractivity contribution in [1.82, 2.24) is 4.90 Å². The smallest absolute Gasteiger partial charge is 0.173 e. The van der Waals surface area contributed by atoms with Crippen molar-refractivity contribution < 1.29 is 0 Å². The van der Waals surface area contributed by atoms with Gasteiger partial charge in [-0.25, -0.2) is 0 Å². The molecular formula is C13H19ClN2S. The van der Waals surface area contributed by atoms with Crippen molar-refractivity contribution in [2.45, 2.75) is 26.7 Å². The molecule has 0 aliphatic carbocycles. The number of thiocarbonyl (C=S) groups is 1. The summed E-state index contributed by atoms with van der Waals surface area (Å²) in [5.41, 5.74) is 0.944. The van der Waals surface area contributed by atoms with Crippen LogP contribution in [0.5, 0.6) is 0 Å². The summed E-state index contributed by atoms with van der Waals surface area (Å²) in [6, 6.07) is 7.61. The van der Waals surface area contributed by atoms with Gasteiger partial charge >= 0.3 is 0 Å². The molecule has 0 bridgehead atoms. The molecule has 0 radical (unpaired) electrons. The Balaban J connectivity index is 2.62. The summed E-state index contributed by atoms with van der Waals surface area (Å²) in [6.07, 6.45) is 2.19. The summed E-state index contributed by atoms with van der Waals surface area (Å²) in [5.74, 6) is 0. The molecule has 0 aliphatic heterocycles. The predicted octanol–water partition coefficient (Wildman–Crippen LogP) is 4.16. The van der Waals surface area contributed by atoms with Gasteiger partial charge in [0.05, 0.1) is 0 Å². The third kappa shape index (κ3) is 4.92. The highest BCUT2D eigenvalue weighted by Gasteiger charge is 2.07. The van der Waals surface area contributed by atoms with Crippen LogP contribution in [0.2, 0.25) is 5.02 Å². The molecule has 1 aromatic rings. The molecule has 0 spiro atoms. The minimum absolute atomic E-state index is 0.718. The zero-order valence-electron chi connectivity index (χ0n) is 10.4. The van der Waals surface area contributed by atoms with E-state index in [0.29, 0.717) is 0 Å². The molecule has 94 valence electrons. The molecule has 1 rings (SSSR count). The van der Waals surface area contributed by atoms with E-state index in [2.05, 4.69) is 24.1 Å². The van der Waals surface area contributed by atoms with Gasteiger partial charge in [-0.3, -0.25) is 0 Å². The van der Waals surface area contributed by atoms with Gasteiger partial charge in [0.25, 0.3) is 0 Å². The zero-order chi connectivity index (χ0) is 12.7. The van der Waals surface area contributed by atoms with Crippen molar-refractivity contribution in [3.05, 3.63) is 29.3 Å². The van der Waals surface area contributed by atoms with Gasteiger partial charge in [0.15, 0.2) is 5.11 Å². The van der Waals surface area contributed by atoms with Gasteiger partial charge in [-0.05, 0) is 43.3 Å². The summed E-state index contributed by atoms with van der Waals surface area (Å²) >= 11 is 11.3. The number of rotatable bonds is 5. The topological polar surface area (TPSA) is 15.3 Å². The maximum Gasteiger partial charge on any atom is 0.173 e. The third-order valence-electron chi connectivity index (χ3n) is 2.35. The molecule has 0 unspecified atom stereocenters. The lowest BCUT2D eigenvalue weighted by molar-refractivity contribution is 0.423. The first-order chi connectivity index (χ1) is 8.17. The molecule has 4 heteroatoms. The van der Waals surface area contributed by atoms with Crippen molar-refractivity contribution in [2.75, 3.05) is 18.4 Å². The molecule has 0 atom stereocenters. The van der Waals surface area contributed by atoms with E-state index in [0.717, 1.165) is 41.8 Å². The molecule has 0 saturated carbocycles. The Bertz CT molecular complexity index is 362. The second kappa shape index (κ2) is 7.51. The standard InChI is InChI=1S/C13H19ClN2S/c1-3-8-16(9-4-2)13(17)15-12-7-5-6-11(14)10-12/h5-7,10H,3-4,8-9H2,1-2H3,(H,15,17). The van der Waals surface area contributed by atoms with Crippen molar-refractivity contribution in [2.24, 2.45) is 0 Å². The van der Waals surface area contributed by atoms with Gasteiger partial charge in [-0.2, -0.15) is 0 Å². The summed E-state index contributed by atoms with van der Waals surface area (Å²) in [5, 5.41) is 4.72. The lowest BCUT2D eigenvalue weighted by atomic mass is 10.3. The first-order valence-corrected chi connectivity index (χ1v) is 6.77. The molecule has 0 fully saturated rings. The van der Waals surface area contributed by atoms with Crippen LogP contribution >= 0.6 is 23.8 Å². The van der Waals surface area contributed by atoms with Crippen molar-refractivity contribution in [3.63, 3.8) is 0 Å².